The monoisotopic (exact) mass is 332 g/mol. The number of hydrogen-bond donors (Lipinski definition) is 0. The minimum atomic E-state index is -2.45. The maximum atomic E-state index is 11.6. The molecule has 0 aromatic heterocycles. The van der Waals surface area contributed by atoms with Crippen molar-refractivity contribution in [3.05, 3.63) is 0 Å². The number of Topliss-reactive ketones (excluding diaryl/α,β-unsaturated/α-hetero) is 2. The predicted octanol–water partition coefficient (Wildman–Crippen LogP) is 0.739. The van der Waals surface area contributed by atoms with E-state index in [2.05, 4.69) is 9.80 Å². The lowest BCUT2D eigenvalue weighted by atomic mass is 10.1. The SMILES string of the molecule is O=C1CCN(CCO[PH](=O)OCCN2CCC(=O)CC2)CC1. The van der Waals surface area contributed by atoms with Gasteiger partial charge in [0.15, 0.2) is 0 Å². The maximum Gasteiger partial charge on any atom is 0.319 e. The second-order valence-electron chi connectivity index (χ2n) is 5.71. The van der Waals surface area contributed by atoms with Gasteiger partial charge in [0.2, 0.25) is 0 Å². The van der Waals surface area contributed by atoms with Gasteiger partial charge in [-0.3, -0.25) is 14.2 Å². The highest BCUT2D eigenvalue weighted by Crippen LogP contribution is 2.23. The van der Waals surface area contributed by atoms with Crippen LogP contribution in [0.3, 0.4) is 0 Å². The van der Waals surface area contributed by atoms with Gasteiger partial charge >= 0.3 is 8.25 Å². The minimum absolute atomic E-state index is 0.313. The van der Waals surface area contributed by atoms with E-state index < -0.39 is 8.25 Å². The quantitative estimate of drug-likeness (QED) is 0.607. The molecule has 0 N–H and O–H groups in total. The molecule has 0 amide bonds. The van der Waals surface area contributed by atoms with Crippen molar-refractivity contribution in [1.82, 2.24) is 9.80 Å². The number of carbonyl (C=O) groups is 2. The average Bonchev–Trinajstić information content (AvgIpc) is 2.51. The number of piperidine rings is 2. The standard InChI is InChI=1S/C14H25N2O5P/c17-13-1-5-15(6-2-13)9-11-20-22(19)21-12-10-16-7-3-14(18)4-8-16/h22H,1-12H2. The zero-order valence-corrected chi connectivity index (χ0v) is 13.9. The summed E-state index contributed by atoms with van der Waals surface area (Å²) in [7, 11) is -2.45. The van der Waals surface area contributed by atoms with E-state index in [4.69, 9.17) is 9.05 Å². The fourth-order valence-electron chi connectivity index (χ4n) is 2.61. The molecule has 2 aliphatic rings. The molecule has 0 aromatic carbocycles. The third kappa shape index (κ3) is 6.67. The number of hydrogen-bond acceptors (Lipinski definition) is 7. The second-order valence-corrected chi connectivity index (χ2v) is 6.78. The Labute approximate surface area is 131 Å². The van der Waals surface area contributed by atoms with Gasteiger partial charge in [-0.1, -0.05) is 0 Å². The summed E-state index contributed by atoms with van der Waals surface area (Å²) in [6.45, 7) is 5.14. The van der Waals surface area contributed by atoms with Crippen LogP contribution in [-0.2, 0) is 23.2 Å². The fourth-order valence-corrected chi connectivity index (χ4v) is 3.21. The van der Waals surface area contributed by atoms with Crippen LogP contribution in [0.25, 0.3) is 0 Å². The van der Waals surface area contributed by atoms with E-state index in [1.165, 1.54) is 0 Å². The Morgan fingerprint density at radius 1 is 0.773 bits per heavy atom. The van der Waals surface area contributed by atoms with E-state index in [0.717, 1.165) is 26.2 Å². The van der Waals surface area contributed by atoms with Crippen molar-refractivity contribution in [1.29, 1.82) is 0 Å². The lowest BCUT2D eigenvalue weighted by Gasteiger charge is -2.26. The number of rotatable bonds is 8. The summed E-state index contributed by atoms with van der Waals surface area (Å²) >= 11 is 0. The lowest BCUT2D eigenvalue weighted by molar-refractivity contribution is -0.122. The van der Waals surface area contributed by atoms with E-state index in [1.807, 2.05) is 0 Å². The van der Waals surface area contributed by atoms with Crippen molar-refractivity contribution in [3.63, 3.8) is 0 Å². The third-order valence-corrected chi connectivity index (χ3v) is 4.96. The first-order chi connectivity index (χ1) is 10.6. The van der Waals surface area contributed by atoms with E-state index in [1.54, 1.807) is 0 Å². The summed E-state index contributed by atoms with van der Waals surface area (Å²) in [5, 5.41) is 0. The maximum absolute atomic E-state index is 11.6. The summed E-state index contributed by atoms with van der Waals surface area (Å²) in [6, 6.07) is 0. The molecule has 2 aliphatic heterocycles. The van der Waals surface area contributed by atoms with Gasteiger partial charge in [-0.2, -0.15) is 0 Å². The molecule has 7 nitrogen and oxygen atoms in total. The van der Waals surface area contributed by atoms with Crippen LogP contribution in [-0.4, -0.2) is 73.8 Å². The van der Waals surface area contributed by atoms with E-state index in [9.17, 15) is 14.2 Å². The van der Waals surface area contributed by atoms with Gasteiger partial charge in [-0.05, 0) is 0 Å². The first-order valence-electron chi connectivity index (χ1n) is 7.91. The Morgan fingerprint density at radius 3 is 1.50 bits per heavy atom. The van der Waals surface area contributed by atoms with Crippen LogP contribution in [0.1, 0.15) is 25.7 Å². The Kier molecular flexibility index (Phi) is 7.69. The molecule has 0 aromatic rings. The second kappa shape index (κ2) is 9.53. The van der Waals surface area contributed by atoms with Crippen molar-refractivity contribution in [2.45, 2.75) is 25.7 Å². The first kappa shape index (κ1) is 17.8. The molecule has 0 aliphatic carbocycles. The number of nitrogens with zero attached hydrogens (tertiary/aromatic N) is 2. The van der Waals surface area contributed by atoms with Crippen molar-refractivity contribution >= 4 is 19.8 Å². The van der Waals surface area contributed by atoms with Gasteiger partial charge in [0.25, 0.3) is 0 Å². The van der Waals surface area contributed by atoms with Gasteiger partial charge in [-0.25, -0.2) is 0 Å². The molecule has 0 radical (unpaired) electrons. The minimum Gasteiger partial charge on any atom is -0.309 e. The molecule has 0 spiro atoms. The zero-order valence-electron chi connectivity index (χ0n) is 12.9. The van der Waals surface area contributed by atoms with Crippen molar-refractivity contribution in [2.75, 3.05) is 52.5 Å². The van der Waals surface area contributed by atoms with Gasteiger partial charge in [0.05, 0.1) is 13.2 Å². The summed E-state index contributed by atoms with van der Waals surface area (Å²) < 4.78 is 22.0. The van der Waals surface area contributed by atoms with Crippen LogP contribution >= 0.6 is 8.25 Å². The lowest BCUT2D eigenvalue weighted by Crippen LogP contribution is -2.36. The Hall–Kier alpha value is -0.590. The topological polar surface area (TPSA) is 76.2 Å². The highest BCUT2D eigenvalue weighted by Gasteiger charge is 2.17. The molecular formula is C14H25N2O5P. The Morgan fingerprint density at radius 2 is 1.14 bits per heavy atom. The molecule has 8 heteroatoms. The normalized spacial score (nSPS) is 21.7. The molecule has 2 rings (SSSR count). The van der Waals surface area contributed by atoms with Gasteiger partial charge < -0.3 is 18.8 Å². The largest absolute Gasteiger partial charge is 0.319 e. The molecule has 2 heterocycles. The molecular weight excluding hydrogens is 307 g/mol. The number of carbonyl (C=O) groups excluding carboxylic acids is 2. The van der Waals surface area contributed by atoms with Crippen molar-refractivity contribution in [2.24, 2.45) is 0 Å². The molecule has 0 atom stereocenters. The van der Waals surface area contributed by atoms with Crippen molar-refractivity contribution < 1.29 is 23.2 Å². The molecule has 0 unspecified atom stereocenters. The van der Waals surface area contributed by atoms with Gasteiger partial charge in [0.1, 0.15) is 11.6 Å². The first-order valence-corrected chi connectivity index (χ1v) is 9.13. The van der Waals surface area contributed by atoms with Crippen LogP contribution in [0.4, 0.5) is 0 Å². The Bertz CT molecular complexity index is 362. The third-order valence-electron chi connectivity index (χ3n) is 4.08. The highest BCUT2D eigenvalue weighted by molar-refractivity contribution is 7.33. The van der Waals surface area contributed by atoms with Crippen LogP contribution in [0.15, 0.2) is 0 Å². The molecule has 126 valence electrons. The fraction of sp³-hybridized carbons (Fsp3) is 0.857. The summed E-state index contributed by atoms with van der Waals surface area (Å²) in [5.74, 6) is 0.627. The Balaban J connectivity index is 1.47. The summed E-state index contributed by atoms with van der Waals surface area (Å²) in [6.07, 6.45) is 2.40. The highest BCUT2D eigenvalue weighted by atomic mass is 31.1. The van der Waals surface area contributed by atoms with Gasteiger partial charge in [-0.15, -0.1) is 0 Å². The molecule has 0 saturated carbocycles. The van der Waals surface area contributed by atoms with E-state index in [-0.39, 0.29) is 0 Å². The van der Waals surface area contributed by atoms with Crippen molar-refractivity contribution in [3.8, 4) is 0 Å². The summed E-state index contributed by atoms with van der Waals surface area (Å²) in [4.78, 5) is 26.5. The van der Waals surface area contributed by atoms with Gasteiger partial charge in [0, 0.05) is 65.0 Å². The molecule has 2 fully saturated rings. The molecule has 22 heavy (non-hydrogen) atoms. The summed E-state index contributed by atoms with van der Waals surface area (Å²) in [5.41, 5.74) is 0. The molecule has 2 saturated heterocycles. The van der Waals surface area contributed by atoms with Crippen LogP contribution in [0.5, 0.6) is 0 Å². The predicted molar refractivity (Wildman–Crippen MR) is 82.3 cm³/mol. The zero-order chi connectivity index (χ0) is 15.8. The smallest absolute Gasteiger partial charge is 0.309 e. The number of likely N-dealkylation sites (tertiary alicyclic amines) is 2. The van der Waals surface area contributed by atoms with E-state index in [0.29, 0.717) is 63.6 Å². The van der Waals surface area contributed by atoms with Crippen LogP contribution in [0, 0.1) is 0 Å². The molecule has 0 bridgehead atoms. The van der Waals surface area contributed by atoms with E-state index >= 15 is 0 Å². The van der Waals surface area contributed by atoms with Crippen LogP contribution in [0.2, 0.25) is 0 Å². The average molecular weight is 332 g/mol. The van der Waals surface area contributed by atoms with Crippen LogP contribution < -0.4 is 0 Å². The number of ketones is 2.